The highest BCUT2D eigenvalue weighted by Gasteiger charge is 2.28. The van der Waals surface area contributed by atoms with Crippen LogP contribution in [-0.2, 0) is 14.3 Å². The van der Waals surface area contributed by atoms with Gasteiger partial charge in [-0.3, -0.25) is 4.79 Å². The highest BCUT2D eigenvalue weighted by Crippen LogP contribution is 2.17. The van der Waals surface area contributed by atoms with Crippen LogP contribution in [0.25, 0.3) is 0 Å². The average molecular weight is 258 g/mol. The molecule has 1 amide bonds. The van der Waals surface area contributed by atoms with E-state index in [1.54, 1.807) is 0 Å². The van der Waals surface area contributed by atoms with Gasteiger partial charge in [-0.1, -0.05) is 13.8 Å². The third-order valence-corrected chi connectivity index (χ3v) is 3.16. The van der Waals surface area contributed by atoms with Gasteiger partial charge in [0.05, 0.1) is 12.1 Å². The zero-order chi connectivity index (χ0) is 13.7. The maximum Gasteiger partial charge on any atom is 0.326 e. The topological polar surface area (TPSA) is 102 Å². The van der Waals surface area contributed by atoms with Gasteiger partial charge in [0, 0.05) is 13.0 Å². The van der Waals surface area contributed by atoms with Crippen molar-refractivity contribution in [2.75, 3.05) is 6.61 Å². The molecule has 1 fully saturated rings. The molecule has 0 bridgehead atoms. The monoisotopic (exact) mass is 258 g/mol. The fourth-order valence-corrected chi connectivity index (χ4v) is 1.89. The molecule has 104 valence electrons. The van der Waals surface area contributed by atoms with Crippen LogP contribution in [0, 0.1) is 5.92 Å². The first-order chi connectivity index (χ1) is 8.41. The molecule has 0 aromatic heterocycles. The largest absolute Gasteiger partial charge is 0.480 e. The molecule has 0 aromatic rings. The second-order valence-electron chi connectivity index (χ2n) is 5.04. The predicted molar refractivity (Wildman–Crippen MR) is 66.0 cm³/mol. The second kappa shape index (κ2) is 6.70. The van der Waals surface area contributed by atoms with Crippen LogP contribution in [0.2, 0.25) is 0 Å². The molecule has 0 radical (unpaired) electrons. The molecule has 1 heterocycles. The van der Waals surface area contributed by atoms with E-state index in [1.165, 1.54) is 0 Å². The first-order valence-corrected chi connectivity index (χ1v) is 6.32. The number of hydrogen-bond acceptors (Lipinski definition) is 4. The van der Waals surface area contributed by atoms with E-state index in [9.17, 15) is 9.59 Å². The van der Waals surface area contributed by atoms with Gasteiger partial charge in [0.2, 0.25) is 5.91 Å². The standard InChI is InChI=1S/C12H22N2O4/c1-7(2)10(13)11(15)14-9(12(16)17)6-8-4-3-5-18-8/h7-10H,3-6,13H2,1-2H3,(H,14,15)(H,16,17)/t8-,9+,10+/m1/s1. The lowest BCUT2D eigenvalue weighted by Crippen LogP contribution is -2.51. The Labute approximate surface area is 107 Å². The predicted octanol–water partition coefficient (Wildman–Crippen LogP) is 0.108. The summed E-state index contributed by atoms with van der Waals surface area (Å²) in [4.78, 5) is 22.8. The fourth-order valence-electron chi connectivity index (χ4n) is 1.89. The summed E-state index contributed by atoms with van der Waals surface area (Å²) >= 11 is 0. The van der Waals surface area contributed by atoms with E-state index in [0.29, 0.717) is 13.0 Å². The van der Waals surface area contributed by atoms with E-state index in [4.69, 9.17) is 15.6 Å². The molecular weight excluding hydrogens is 236 g/mol. The van der Waals surface area contributed by atoms with Gasteiger partial charge in [0.15, 0.2) is 0 Å². The lowest BCUT2D eigenvalue weighted by molar-refractivity contribution is -0.143. The van der Waals surface area contributed by atoms with Crippen LogP contribution in [0.4, 0.5) is 0 Å². The Hall–Kier alpha value is -1.14. The van der Waals surface area contributed by atoms with E-state index in [-0.39, 0.29) is 12.0 Å². The lowest BCUT2D eigenvalue weighted by Gasteiger charge is -2.21. The maximum absolute atomic E-state index is 11.7. The molecule has 6 nitrogen and oxygen atoms in total. The van der Waals surface area contributed by atoms with Gasteiger partial charge < -0.3 is 20.9 Å². The van der Waals surface area contributed by atoms with Crippen molar-refractivity contribution >= 4 is 11.9 Å². The van der Waals surface area contributed by atoms with E-state index in [2.05, 4.69) is 5.32 Å². The van der Waals surface area contributed by atoms with Crippen LogP contribution >= 0.6 is 0 Å². The number of amides is 1. The number of carbonyl (C=O) groups is 2. The molecule has 0 aliphatic carbocycles. The summed E-state index contributed by atoms with van der Waals surface area (Å²) in [5.74, 6) is -1.49. The summed E-state index contributed by atoms with van der Waals surface area (Å²) in [6.07, 6.45) is 2.00. The second-order valence-corrected chi connectivity index (χ2v) is 5.04. The van der Waals surface area contributed by atoms with Crippen molar-refractivity contribution in [2.24, 2.45) is 11.7 Å². The Bertz CT molecular complexity index is 300. The van der Waals surface area contributed by atoms with Crippen molar-refractivity contribution in [1.82, 2.24) is 5.32 Å². The van der Waals surface area contributed by atoms with Crippen LogP contribution in [0.15, 0.2) is 0 Å². The first kappa shape index (κ1) is 14.9. The Kier molecular flexibility index (Phi) is 5.55. The molecule has 0 spiro atoms. The van der Waals surface area contributed by atoms with E-state index in [0.717, 1.165) is 12.8 Å². The van der Waals surface area contributed by atoms with Gasteiger partial charge in [0.25, 0.3) is 0 Å². The Balaban J connectivity index is 2.51. The summed E-state index contributed by atoms with van der Waals surface area (Å²) < 4.78 is 5.38. The quantitative estimate of drug-likeness (QED) is 0.627. The molecule has 1 aliphatic heterocycles. The number of carboxylic acid groups (broad SMARTS) is 1. The van der Waals surface area contributed by atoms with E-state index in [1.807, 2.05) is 13.8 Å². The van der Waals surface area contributed by atoms with Crippen molar-refractivity contribution in [3.8, 4) is 0 Å². The first-order valence-electron chi connectivity index (χ1n) is 6.32. The van der Waals surface area contributed by atoms with Gasteiger partial charge in [-0.05, 0) is 18.8 Å². The maximum atomic E-state index is 11.7. The zero-order valence-corrected chi connectivity index (χ0v) is 10.9. The van der Waals surface area contributed by atoms with Crippen molar-refractivity contribution < 1.29 is 19.4 Å². The summed E-state index contributed by atoms with van der Waals surface area (Å²) in [5, 5.41) is 11.6. The number of nitrogens with one attached hydrogen (secondary N) is 1. The summed E-state index contributed by atoms with van der Waals surface area (Å²) in [6, 6.07) is -1.61. The van der Waals surface area contributed by atoms with Crippen LogP contribution in [-0.4, -0.2) is 41.8 Å². The van der Waals surface area contributed by atoms with Gasteiger partial charge in [-0.2, -0.15) is 0 Å². The minimum absolute atomic E-state index is 0.0258. The Morgan fingerprint density at radius 2 is 2.17 bits per heavy atom. The van der Waals surface area contributed by atoms with Gasteiger partial charge in [0.1, 0.15) is 6.04 Å². The lowest BCUT2D eigenvalue weighted by atomic mass is 10.0. The van der Waals surface area contributed by atoms with Crippen molar-refractivity contribution in [1.29, 1.82) is 0 Å². The van der Waals surface area contributed by atoms with E-state index >= 15 is 0 Å². The number of carboxylic acids is 1. The molecule has 1 rings (SSSR count). The molecule has 1 aliphatic rings. The number of aliphatic carboxylic acids is 1. The smallest absolute Gasteiger partial charge is 0.326 e. The average Bonchev–Trinajstić information content (AvgIpc) is 2.79. The molecule has 1 saturated heterocycles. The Morgan fingerprint density at radius 3 is 2.61 bits per heavy atom. The van der Waals surface area contributed by atoms with Gasteiger partial charge in [-0.25, -0.2) is 4.79 Å². The van der Waals surface area contributed by atoms with E-state index < -0.39 is 24.0 Å². The van der Waals surface area contributed by atoms with Crippen molar-refractivity contribution in [3.63, 3.8) is 0 Å². The number of nitrogens with two attached hydrogens (primary N) is 1. The van der Waals surface area contributed by atoms with Gasteiger partial charge >= 0.3 is 5.97 Å². The molecule has 6 heteroatoms. The van der Waals surface area contributed by atoms with Crippen LogP contribution in [0.1, 0.15) is 33.1 Å². The molecule has 18 heavy (non-hydrogen) atoms. The molecular formula is C12H22N2O4. The molecule has 3 atom stereocenters. The molecule has 4 N–H and O–H groups in total. The highest BCUT2D eigenvalue weighted by molar-refractivity contribution is 5.86. The number of rotatable bonds is 6. The molecule has 0 unspecified atom stereocenters. The Morgan fingerprint density at radius 1 is 1.50 bits per heavy atom. The van der Waals surface area contributed by atoms with Crippen LogP contribution in [0.3, 0.4) is 0 Å². The minimum Gasteiger partial charge on any atom is -0.480 e. The van der Waals surface area contributed by atoms with Crippen LogP contribution < -0.4 is 11.1 Å². The highest BCUT2D eigenvalue weighted by atomic mass is 16.5. The number of hydrogen-bond donors (Lipinski definition) is 3. The third-order valence-electron chi connectivity index (χ3n) is 3.16. The molecule has 0 saturated carbocycles. The van der Waals surface area contributed by atoms with Crippen LogP contribution in [0.5, 0.6) is 0 Å². The number of carbonyl (C=O) groups excluding carboxylic acids is 1. The summed E-state index contributed by atoms with van der Waals surface area (Å²) in [5.41, 5.74) is 5.68. The van der Waals surface area contributed by atoms with Crippen molar-refractivity contribution in [3.05, 3.63) is 0 Å². The minimum atomic E-state index is -1.05. The third kappa shape index (κ3) is 4.27. The zero-order valence-electron chi connectivity index (χ0n) is 10.9. The van der Waals surface area contributed by atoms with Gasteiger partial charge in [-0.15, -0.1) is 0 Å². The fraction of sp³-hybridized carbons (Fsp3) is 0.833. The normalized spacial score (nSPS) is 22.8. The summed E-state index contributed by atoms with van der Waals surface area (Å²) in [7, 11) is 0. The SMILES string of the molecule is CC(C)[C@H](N)C(=O)N[C@@H](C[C@H]1CCCO1)C(=O)O. The summed E-state index contributed by atoms with van der Waals surface area (Å²) in [6.45, 7) is 4.30. The number of ether oxygens (including phenoxy) is 1. The van der Waals surface area contributed by atoms with Crippen molar-refractivity contribution in [2.45, 2.75) is 51.3 Å². The molecule has 0 aromatic carbocycles.